The van der Waals surface area contributed by atoms with Crippen molar-refractivity contribution in [1.82, 2.24) is 10.7 Å². The molecule has 1 heterocycles. The van der Waals surface area contributed by atoms with Gasteiger partial charge < -0.3 is 19.9 Å². The highest BCUT2D eigenvalue weighted by atomic mass is 16.5. The molecule has 0 radical (unpaired) electrons. The van der Waals surface area contributed by atoms with Crippen LogP contribution < -0.4 is 15.5 Å². The predicted molar refractivity (Wildman–Crippen MR) is 87.0 cm³/mol. The first kappa shape index (κ1) is 17.7. The fraction of sp³-hybridized carbons (Fsp3) is 0.438. The van der Waals surface area contributed by atoms with E-state index >= 15 is 0 Å². The van der Waals surface area contributed by atoms with Gasteiger partial charge in [-0.05, 0) is 43.5 Å². The maximum atomic E-state index is 11.6. The summed E-state index contributed by atoms with van der Waals surface area (Å²) in [4.78, 5) is 23.2. The van der Waals surface area contributed by atoms with Crippen LogP contribution in [0.25, 0.3) is 0 Å². The van der Waals surface area contributed by atoms with Gasteiger partial charge in [-0.15, -0.1) is 0 Å². The minimum atomic E-state index is -0.854. The monoisotopic (exact) mass is 335 g/mol. The Balaban J connectivity index is 1.80. The Hall–Kier alpha value is -2.61. The Kier molecular flexibility index (Phi) is 6.56. The fourth-order valence-electron chi connectivity index (χ4n) is 2.19. The van der Waals surface area contributed by atoms with Gasteiger partial charge in [0.05, 0.1) is 18.9 Å². The van der Waals surface area contributed by atoms with Crippen molar-refractivity contribution in [1.29, 1.82) is 0 Å². The van der Waals surface area contributed by atoms with E-state index in [0.29, 0.717) is 31.1 Å². The highest BCUT2D eigenvalue weighted by Crippen LogP contribution is 2.26. The highest BCUT2D eigenvalue weighted by molar-refractivity contribution is 6.35. The normalized spacial score (nSPS) is 17.0. The number of ether oxygens (including phenoxy) is 2. The minimum Gasteiger partial charge on any atom is -0.504 e. The van der Waals surface area contributed by atoms with E-state index in [1.807, 2.05) is 0 Å². The molecule has 1 aromatic rings. The summed E-state index contributed by atoms with van der Waals surface area (Å²) in [6.07, 6.45) is 3.17. The second-order valence-electron chi connectivity index (χ2n) is 5.20. The molecule has 130 valence electrons. The van der Waals surface area contributed by atoms with Gasteiger partial charge in [0.2, 0.25) is 0 Å². The molecule has 8 nitrogen and oxygen atoms in total. The largest absolute Gasteiger partial charge is 0.504 e. The average Bonchev–Trinajstić information content (AvgIpc) is 3.09. The standard InChI is InChI=1S/C16H21N3O5/c1-2-23-14-8-11(5-6-13(14)20)9-18-19-16(22)15(21)17-10-12-4-3-7-24-12/h5-6,8-9,12,20H,2-4,7,10H2,1H3,(H,17,21)(H,19,22)/b18-9-/t12-/m1/s1. The molecule has 0 aromatic heterocycles. The number of rotatable bonds is 6. The summed E-state index contributed by atoms with van der Waals surface area (Å²) < 4.78 is 10.6. The van der Waals surface area contributed by atoms with Crippen LogP contribution >= 0.6 is 0 Å². The number of carbonyl (C=O) groups excluding carboxylic acids is 2. The molecule has 0 aliphatic carbocycles. The van der Waals surface area contributed by atoms with E-state index in [2.05, 4.69) is 15.8 Å². The number of benzene rings is 1. The average molecular weight is 335 g/mol. The first-order valence-corrected chi connectivity index (χ1v) is 7.78. The van der Waals surface area contributed by atoms with Crippen molar-refractivity contribution in [3.63, 3.8) is 0 Å². The number of hydrazone groups is 1. The van der Waals surface area contributed by atoms with Gasteiger partial charge in [-0.2, -0.15) is 5.10 Å². The molecule has 24 heavy (non-hydrogen) atoms. The van der Waals surface area contributed by atoms with Crippen molar-refractivity contribution < 1.29 is 24.2 Å². The summed E-state index contributed by atoms with van der Waals surface area (Å²) in [7, 11) is 0. The van der Waals surface area contributed by atoms with Crippen LogP contribution in [-0.2, 0) is 14.3 Å². The van der Waals surface area contributed by atoms with Crippen molar-refractivity contribution in [2.45, 2.75) is 25.9 Å². The van der Waals surface area contributed by atoms with Gasteiger partial charge in [0.25, 0.3) is 0 Å². The molecule has 0 saturated carbocycles. The number of phenols is 1. The molecule has 0 unspecified atom stereocenters. The van der Waals surface area contributed by atoms with Crippen molar-refractivity contribution in [2.24, 2.45) is 5.10 Å². The summed E-state index contributed by atoms with van der Waals surface area (Å²) in [6, 6.07) is 4.64. The van der Waals surface area contributed by atoms with Crippen molar-refractivity contribution in [2.75, 3.05) is 19.8 Å². The van der Waals surface area contributed by atoms with E-state index in [1.165, 1.54) is 12.3 Å². The first-order valence-electron chi connectivity index (χ1n) is 7.78. The summed E-state index contributed by atoms with van der Waals surface area (Å²) in [5.74, 6) is -1.27. The molecule has 0 spiro atoms. The van der Waals surface area contributed by atoms with Crippen LogP contribution in [0.2, 0.25) is 0 Å². The summed E-state index contributed by atoms with van der Waals surface area (Å²) in [5.41, 5.74) is 2.75. The number of phenolic OH excluding ortho intramolecular Hbond substituents is 1. The first-order chi connectivity index (χ1) is 11.6. The van der Waals surface area contributed by atoms with E-state index in [0.717, 1.165) is 12.8 Å². The van der Waals surface area contributed by atoms with Crippen molar-refractivity contribution in [3.05, 3.63) is 23.8 Å². The van der Waals surface area contributed by atoms with Crippen molar-refractivity contribution in [3.8, 4) is 11.5 Å². The molecule has 2 rings (SSSR count). The Bertz CT molecular complexity index is 612. The zero-order valence-electron chi connectivity index (χ0n) is 13.4. The third-order valence-corrected chi connectivity index (χ3v) is 3.38. The lowest BCUT2D eigenvalue weighted by atomic mass is 10.2. The van der Waals surface area contributed by atoms with Gasteiger partial charge in [-0.1, -0.05) is 0 Å². The third kappa shape index (κ3) is 5.24. The number of nitrogens with one attached hydrogen (secondary N) is 2. The zero-order chi connectivity index (χ0) is 17.4. The summed E-state index contributed by atoms with van der Waals surface area (Å²) in [6.45, 7) is 3.21. The van der Waals surface area contributed by atoms with Crippen LogP contribution in [0.3, 0.4) is 0 Å². The summed E-state index contributed by atoms with van der Waals surface area (Å²) in [5, 5.41) is 15.8. The van der Waals surface area contributed by atoms with Gasteiger partial charge in [0.15, 0.2) is 11.5 Å². The number of amides is 2. The smallest absolute Gasteiger partial charge is 0.329 e. The van der Waals surface area contributed by atoms with E-state index in [-0.39, 0.29) is 11.9 Å². The number of hydrogen-bond donors (Lipinski definition) is 3. The highest BCUT2D eigenvalue weighted by Gasteiger charge is 2.18. The lowest BCUT2D eigenvalue weighted by Gasteiger charge is -2.09. The molecule has 1 aliphatic heterocycles. The van der Waals surface area contributed by atoms with Crippen LogP contribution in [-0.4, -0.2) is 49.0 Å². The quantitative estimate of drug-likeness (QED) is 0.399. The van der Waals surface area contributed by atoms with E-state index < -0.39 is 11.8 Å². The van der Waals surface area contributed by atoms with Crippen LogP contribution in [0, 0.1) is 0 Å². The lowest BCUT2D eigenvalue weighted by molar-refractivity contribution is -0.139. The zero-order valence-corrected chi connectivity index (χ0v) is 13.4. The minimum absolute atomic E-state index is 0.0199. The van der Waals surface area contributed by atoms with Gasteiger partial charge in [0.1, 0.15) is 0 Å². The van der Waals surface area contributed by atoms with Gasteiger partial charge >= 0.3 is 11.8 Å². The molecule has 8 heteroatoms. The van der Waals surface area contributed by atoms with Crippen molar-refractivity contribution >= 4 is 18.0 Å². The molecule has 1 saturated heterocycles. The molecule has 1 aromatic carbocycles. The van der Waals surface area contributed by atoms with Gasteiger partial charge in [-0.25, -0.2) is 5.43 Å². The maximum Gasteiger partial charge on any atom is 0.329 e. The van der Waals surface area contributed by atoms with Gasteiger partial charge in [-0.3, -0.25) is 9.59 Å². The Morgan fingerprint density at radius 2 is 2.29 bits per heavy atom. The van der Waals surface area contributed by atoms with Crippen LogP contribution in [0.1, 0.15) is 25.3 Å². The molecule has 1 aliphatic rings. The van der Waals surface area contributed by atoms with Crippen LogP contribution in [0.5, 0.6) is 11.5 Å². The second-order valence-corrected chi connectivity index (χ2v) is 5.20. The van der Waals surface area contributed by atoms with E-state index in [4.69, 9.17) is 9.47 Å². The Morgan fingerprint density at radius 1 is 1.46 bits per heavy atom. The predicted octanol–water partition coefficient (Wildman–Crippen LogP) is 0.536. The van der Waals surface area contributed by atoms with E-state index in [1.54, 1.807) is 19.1 Å². The van der Waals surface area contributed by atoms with E-state index in [9.17, 15) is 14.7 Å². The molecule has 3 N–H and O–H groups in total. The third-order valence-electron chi connectivity index (χ3n) is 3.38. The topological polar surface area (TPSA) is 109 Å². The number of carbonyl (C=O) groups is 2. The molecular weight excluding hydrogens is 314 g/mol. The summed E-state index contributed by atoms with van der Waals surface area (Å²) >= 11 is 0. The second kappa shape index (κ2) is 8.88. The molecule has 1 atom stereocenters. The number of aromatic hydroxyl groups is 1. The molecular formula is C16H21N3O5. The number of hydrogen-bond acceptors (Lipinski definition) is 6. The Labute approximate surface area is 139 Å². The molecule has 2 amide bonds. The number of nitrogens with zero attached hydrogens (tertiary/aromatic N) is 1. The Morgan fingerprint density at radius 3 is 3.00 bits per heavy atom. The lowest BCUT2D eigenvalue weighted by Crippen LogP contribution is -2.41. The van der Waals surface area contributed by atoms with Crippen LogP contribution in [0.4, 0.5) is 0 Å². The van der Waals surface area contributed by atoms with Crippen LogP contribution in [0.15, 0.2) is 23.3 Å². The fourth-order valence-corrected chi connectivity index (χ4v) is 2.19. The maximum absolute atomic E-state index is 11.6. The SMILES string of the molecule is CCOc1cc(/C=N\NC(=O)C(=O)NC[C@H]2CCCO2)ccc1O. The molecule has 1 fully saturated rings. The molecule has 0 bridgehead atoms. The van der Waals surface area contributed by atoms with Gasteiger partial charge in [0, 0.05) is 13.2 Å².